The van der Waals surface area contributed by atoms with Crippen molar-refractivity contribution in [2.45, 2.75) is 26.3 Å². The fourth-order valence-corrected chi connectivity index (χ4v) is 3.45. The van der Waals surface area contributed by atoms with Crippen LogP contribution in [0.3, 0.4) is 0 Å². The zero-order valence-electron chi connectivity index (χ0n) is 16.7. The lowest BCUT2D eigenvalue weighted by Crippen LogP contribution is -2.51. The van der Waals surface area contributed by atoms with Gasteiger partial charge in [0.05, 0.1) is 26.4 Å². The van der Waals surface area contributed by atoms with E-state index in [9.17, 15) is 0 Å². The maximum absolute atomic E-state index is 5.77. The van der Waals surface area contributed by atoms with Gasteiger partial charge < -0.3 is 24.8 Å². The van der Waals surface area contributed by atoms with Gasteiger partial charge in [0.15, 0.2) is 17.5 Å². The summed E-state index contributed by atoms with van der Waals surface area (Å²) in [6, 6.07) is 6.34. The number of anilines is 1. The molecule has 7 heteroatoms. The molecule has 7 nitrogen and oxygen atoms in total. The lowest BCUT2D eigenvalue weighted by molar-refractivity contribution is 0.00757. The minimum atomic E-state index is 0.441. The molecule has 27 heavy (non-hydrogen) atoms. The van der Waals surface area contributed by atoms with Gasteiger partial charge in [0.25, 0.3) is 0 Å². The van der Waals surface area contributed by atoms with E-state index >= 15 is 0 Å². The largest absolute Gasteiger partial charge is 0.490 e. The Balaban J connectivity index is 1.59. The minimum absolute atomic E-state index is 0.441. The van der Waals surface area contributed by atoms with Crippen molar-refractivity contribution >= 4 is 11.6 Å². The summed E-state index contributed by atoms with van der Waals surface area (Å²) in [5.74, 6) is 2.88. The number of hydrogen-bond donors (Lipinski definition) is 2. The van der Waals surface area contributed by atoms with E-state index in [4.69, 9.17) is 14.2 Å². The monoisotopic (exact) mass is 376 g/mol. The molecule has 1 fully saturated rings. The number of nitrogens with one attached hydrogen (secondary N) is 2. The van der Waals surface area contributed by atoms with Gasteiger partial charge in [-0.3, -0.25) is 9.89 Å². The molecule has 0 bridgehead atoms. The van der Waals surface area contributed by atoms with Gasteiger partial charge in [-0.1, -0.05) is 13.8 Å². The Hall–Kier alpha value is -1.99. The Morgan fingerprint density at radius 2 is 1.85 bits per heavy atom. The summed E-state index contributed by atoms with van der Waals surface area (Å²) in [5.41, 5.74) is 0.930. The molecule has 1 atom stereocenters. The van der Waals surface area contributed by atoms with Crippen LogP contribution in [0.4, 0.5) is 5.69 Å². The Kier molecular flexibility index (Phi) is 7.18. The van der Waals surface area contributed by atoms with Crippen LogP contribution in [0.2, 0.25) is 0 Å². The number of rotatable bonds is 5. The van der Waals surface area contributed by atoms with Crippen LogP contribution in [0.15, 0.2) is 23.2 Å². The smallest absolute Gasteiger partial charge is 0.195 e. The molecule has 0 radical (unpaired) electrons. The van der Waals surface area contributed by atoms with Gasteiger partial charge in [0.1, 0.15) is 0 Å². The highest BCUT2D eigenvalue weighted by Crippen LogP contribution is 2.32. The van der Waals surface area contributed by atoms with Crippen LogP contribution < -0.4 is 20.1 Å². The van der Waals surface area contributed by atoms with E-state index in [0.717, 1.165) is 62.4 Å². The average Bonchev–Trinajstić information content (AvgIpc) is 2.92. The molecular formula is C20H32N4O3. The SMILES string of the molecule is CN=C(NCC(C(C)C)N1CCOCC1)Nc1ccc2c(c1)OCCCO2. The average molecular weight is 377 g/mol. The zero-order valence-corrected chi connectivity index (χ0v) is 16.7. The maximum atomic E-state index is 5.77. The van der Waals surface area contributed by atoms with Crippen molar-refractivity contribution in [3.8, 4) is 11.5 Å². The first-order chi connectivity index (χ1) is 13.2. The molecule has 2 aliphatic heterocycles. The van der Waals surface area contributed by atoms with Gasteiger partial charge in [-0.25, -0.2) is 0 Å². The number of benzene rings is 1. The molecule has 3 rings (SSSR count). The van der Waals surface area contributed by atoms with Crippen LogP contribution in [-0.4, -0.2) is 70.0 Å². The van der Waals surface area contributed by atoms with Crippen LogP contribution >= 0.6 is 0 Å². The zero-order chi connectivity index (χ0) is 19.1. The summed E-state index contributed by atoms with van der Waals surface area (Å²) in [6.45, 7) is 10.3. The van der Waals surface area contributed by atoms with Crippen molar-refractivity contribution in [2.75, 3.05) is 58.4 Å². The van der Waals surface area contributed by atoms with Gasteiger partial charge in [-0.15, -0.1) is 0 Å². The summed E-state index contributed by atoms with van der Waals surface area (Å²) >= 11 is 0. The molecule has 1 aromatic carbocycles. The van der Waals surface area contributed by atoms with Crippen molar-refractivity contribution in [1.82, 2.24) is 10.2 Å². The molecule has 1 aromatic rings. The first-order valence-corrected chi connectivity index (χ1v) is 9.86. The number of aliphatic imine (C=N–C) groups is 1. The standard InChI is InChI=1S/C20H32N4O3/c1-15(2)17(24-7-11-25-12-8-24)14-22-20(21-3)23-16-5-6-18-19(13-16)27-10-4-9-26-18/h5-6,13,15,17H,4,7-12,14H2,1-3H3,(H2,21,22,23). The second kappa shape index (κ2) is 9.80. The third-order valence-corrected chi connectivity index (χ3v) is 5.00. The van der Waals surface area contributed by atoms with E-state index in [-0.39, 0.29) is 0 Å². The first-order valence-electron chi connectivity index (χ1n) is 9.86. The number of guanidine groups is 1. The Morgan fingerprint density at radius 1 is 1.11 bits per heavy atom. The van der Waals surface area contributed by atoms with Gasteiger partial charge in [-0.2, -0.15) is 0 Å². The van der Waals surface area contributed by atoms with Crippen molar-refractivity contribution < 1.29 is 14.2 Å². The van der Waals surface area contributed by atoms with Crippen molar-refractivity contribution in [3.63, 3.8) is 0 Å². The molecule has 0 spiro atoms. The molecule has 150 valence electrons. The van der Waals surface area contributed by atoms with Crippen LogP contribution in [0.5, 0.6) is 11.5 Å². The molecule has 1 saturated heterocycles. The predicted molar refractivity (Wildman–Crippen MR) is 108 cm³/mol. The quantitative estimate of drug-likeness (QED) is 0.607. The summed E-state index contributed by atoms with van der Waals surface area (Å²) in [5, 5.41) is 6.83. The lowest BCUT2D eigenvalue weighted by atomic mass is 10.0. The van der Waals surface area contributed by atoms with Gasteiger partial charge in [0.2, 0.25) is 0 Å². The Morgan fingerprint density at radius 3 is 2.56 bits per heavy atom. The minimum Gasteiger partial charge on any atom is -0.490 e. The van der Waals surface area contributed by atoms with E-state index in [1.165, 1.54) is 0 Å². The summed E-state index contributed by atoms with van der Waals surface area (Å²) in [7, 11) is 1.79. The van der Waals surface area contributed by atoms with Crippen molar-refractivity contribution in [1.29, 1.82) is 0 Å². The second-order valence-corrected chi connectivity index (χ2v) is 7.25. The van der Waals surface area contributed by atoms with Crippen LogP contribution in [0.1, 0.15) is 20.3 Å². The molecule has 0 saturated carbocycles. The van der Waals surface area contributed by atoms with Gasteiger partial charge >= 0.3 is 0 Å². The Labute approximate surface area is 162 Å². The molecule has 1 unspecified atom stereocenters. The first kappa shape index (κ1) is 19.8. The van der Waals surface area contributed by atoms with Crippen LogP contribution in [0, 0.1) is 5.92 Å². The fourth-order valence-electron chi connectivity index (χ4n) is 3.45. The fraction of sp³-hybridized carbons (Fsp3) is 0.650. The maximum Gasteiger partial charge on any atom is 0.195 e. The van der Waals surface area contributed by atoms with Gasteiger partial charge in [-0.05, 0) is 18.1 Å². The third kappa shape index (κ3) is 5.49. The molecule has 2 heterocycles. The van der Waals surface area contributed by atoms with E-state index in [2.05, 4.69) is 34.4 Å². The van der Waals surface area contributed by atoms with E-state index in [1.807, 2.05) is 18.2 Å². The molecule has 0 aromatic heterocycles. The predicted octanol–water partition coefficient (Wildman–Crippen LogP) is 2.19. The van der Waals surface area contributed by atoms with E-state index in [0.29, 0.717) is 25.2 Å². The van der Waals surface area contributed by atoms with Gasteiger partial charge in [0, 0.05) is 50.9 Å². The number of fused-ring (bicyclic) bond motifs is 1. The molecular weight excluding hydrogens is 344 g/mol. The highest BCUT2D eigenvalue weighted by molar-refractivity contribution is 5.93. The number of morpholine rings is 1. The molecule has 0 amide bonds. The number of hydrogen-bond acceptors (Lipinski definition) is 5. The second-order valence-electron chi connectivity index (χ2n) is 7.25. The summed E-state index contributed by atoms with van der Waals surface area (Å²) < 4.78 is 17.0. The third-order valence-electron chi connectivity index (χ3n) is 5.00. The number of ether oxygens (including phenoxy) is 3. The Bertz CT molecular complexity index is 630. The van der Waals surface area contributed by atoms with E-state index < -0.39 is 0 Å². The molecule has 0 aliphatic carbocycles. The van der Waals surface area contributed by atoms with Crippen LogP contribution in [-0.2, 0) is 4.74 Å². The lowest BCUT2D eigenvalue weighted by Gasteiger charge is -2.37. The van der Waals surface area contributed by atoms with Crippen molar-refractivity contribution in [3.05, 3.63) is 18.2 Å². The highest BCUT2D eigenvalue weighted by atomic mass is 16.5. The van der Waals surface area contributed by atoms with Crippen LogP contribution in [0.25, 0.3) is 0 Å². The van der Waals surface area contributed by atoms with Crippen molar-refractivity contribution in [2.24, 2.45) is 10.9 Å². The topological polar surface area (TPSA) is 67.4 Å². The molecule has 2 N–H and O–H groups in total. The van der Waals surface area contributed by atoms with E-state index in [1.54, 1.807) is 7.05 Å². The normalized spacial score (nSPS) is 19.5. The summed E-state index contributed by atoms with van der Waals surface area (Å²) in [6.07, 6.45) is 0.902. The highest BCUT2D eigenvalue weighted by Gasteiger charge is 2.24. The summed E-state index contributed by atoms with van der Waals surface area (Å²) in [4.78, 5) is 6.87. The number of nitrogens with zero attached hydrogens (tertiary/aromatic N) is 2. The molecule has 2 aliphatic rings.